The quantitative estimate of drug-likeness (QED) is 0.0559. The first kappa shape index (κ1) is 45.3. The first-order valence-electron chi connectivity index (χ1n) is 14.3. The number of aromatic hydroxyl groups is 1. The Morgan fingerprint density at radius 1 is 0.609 bits per heavy atom. The molecular weight excluding hydrogens is 610 g/mol. The molecule has 0 bridgehead atoms. The van der Waals surface area contributed by atoms with Crippen LogP contribution in [0.1, 0.15) is 87.4 Å². The van der Waals surface area contributed by atoms with Crippen LogP contribution < -0.4 is 28.7 Å². The van der Waals surface area contributed by atoms with Gasteiger partial charge in [-0.15, -0.1) is 0 Å². The first-order chi connectivity index (χ1) is 21.5. The van der Waals surface area contributed by atoms with Crippen molar-refractivity contribution in [2.45, 2.75) is 83.1 Å². The van der Waals surface area contributed by atoms with E-state index in [0.717, 1.165) is 19.3 Å². The number of phenols is 1. The van der Waals surface area contributed by atoms with E-state index >= 15 is 0 Å². The molecule has 0 spiro atoms. The lowest BCUT2D eigenvalue weighted by Gasteiger charge is -2.03. The Kier molecular flexibility index (Phi) is 29.5. The van der Waals surface area contributed by atoms with Gasteiger partial charge in [0.05, 0.1) is 0 Å². The number of nitrogens with zero attached hydrogens (tertiary/aromatic N) is 2. The molecule has 0 saturated heterocycles. The molecule has 18 nitrogen and oxygen atoms in total. The second kappa shape index (κ2) is 29.9. The van der Waals surface area contributed by atoms with E-state index in [1.54, 1.807) is 12.1 Å². The molecule has 1 rings (SSSR count). The summed E-state index contributed by atoms with van der Waals surface area (Å²) in [5.74, 6) is -4.54. The molecule has 1 aromatic rings. The van der Waals surface area contributed by atoms with E-state index in [9.17, 15) is 24.0 Å². The number of para-hydroxylation sites is 1. The SMILES string of the molecule is NC(N)=NCCCCC(=O)O.NC(N)=NCCC[C@H](N)C(=O)O.O=C(O)CCCCCCCC(=O)O.O=C(O)c1ccccc1O. The Hall–Kier alpha value is -5.13. The molecule has 1 atom stereocenters. The van der Waals surface area contributed by atoms with Crippen LogP contribution in [0.2, 0.25) is 0 Å². The molecule has 0 aliphatic rings. The monoisotopic (exact) mass is 659 g/mol. The first-order valence-corrected chi connectivity index (χ1v) is 14.3. The number of guanidine groups is 2. The molecule has 0 fully saturated rings. The predicted molar refractivity (Wildman–Crippen MR) is 170 cm³/mol. The molecule has 16 N–H and O–H groups in total. The van der Waals surface area contributed by atoms with Crippen molar-refractivity contribution >= 4 is 41.8 Å². The van der Waals surface area contributed by atoms with Gasteiger partial charge in [0.2, 0.25) is 0 Å². The minimum absolute atomic E-state index is 0.0129. The summed E-state index contributed by atoms with van der Waals surface area (Å²) in [6.07, 6.45) is 6.99. The van der Waals surface area contributed by atoms with Crippen LogP contribution in [-0.2, 0) is 19.2 Å². The van der Waals surface area contributed by atoms with Gasteiger partial charge in [-0.25, -0.2) is 4.79 Å². The lowest BCUT2D eigenvalue weighted by atomic mass is 10.1. The summed E-state index contributed by atoms with van der Waals surface area (Å²) in [6.45, 7) is 0.929. The Labute approximate surface area is 267 Å². The minimum Gasteiger partial charge on any atom is -0.507 e. The zero-order valence-electron chi connectivity index (χ0n) is 25.8. The average molecular weight is 660 g/mol. The highest BCUT2D eigenvalue weighted by atomic mass is 16.4. The normalized spacial score (nSPS) is 10.1. The number of carboxylic acid groups (broad SMARTS) is 5. The molecule has 1 aromatic carbocycles. The zero-order chi connectivity index (χ0) is 35.9. The van der Waals surface area contributed by atoms with Crippen molar-refractivity contribution in [3.63, 3.8) is 0 Å². The number of aromatic carboxylic acids is 1. The van der Waals surface area contributed by atoms with E-state index in [2.05, 4.69) is 9.98 Å². The maximum absolute atomic E-state index is 10.3. The lowest BCUT2D eigenvalue weighted by molar-refractivity contribution is -0.139. The third-order valence-electron chi connectivity index (χ3n) is 5.29. The van der Waals surface area contributed by atoms with E-state index in [0.29, 0.717) is 51.6 Å². The molecule has 262 valence electrons. The number of carbonyl (C=O) groups is 5. The van der Waals surface area contributed by atoms with E-state index in [1.807, 2.05) is 0 Å². The van der Waals surface area contributed by atoms with E-state index in [4.69, 9.17) is 59.3 Å². The fourth-order valence-corrected chi connectivity index (χ4v) is 2.98. The summed E-state index contributed by atoms with van der Waals surface area (Å²) in [5.41, 5.74) is 25.3. The molecule has 0 heterocycles. The van der Waals surface area contributed by atoms with Crippen LogP contribution in [0.5, 0.6) is 5.75 Å². The number of unbranched alkanes of at least 4 members (excludes halogenated alkanes) is 5. The summed E-state index contributed by atoms with van der Waals surface area (Å²) in [7, 11) is 0. The van der Waals surface area contributed by atoms with Gasteiger partial charge < -0.3 is 59.3 Å². The van der Waals surface area contributed by atoms with Crippen molar-refractivity contribution in [2.24, 2.45) is 38.7 Å². The van der Waals surface area contributed by atoms with Crippen molar-refractivity contribution in [1.82, 2.24) is 0 Å². The van der Waals surface area contributed by atoms with Gasteiger partial charge in [0, 0.05) is 32.4 Å². The molecule has 18 heteroatoms. The fraction of sp³-hybridized carbons (Fsp3) is 0.536. The van der Waals surface area contributed by atoms with Crippen molar-refractivity contribution in [1.29, 1.82) is 0 Å². The van der Waals surface area contributed by atoms with Crippen molar-refractivity contribution in [2.75, 3.05) is 13.1 Å². The Morgan fingerprint density at radius 3 is 1.35 bits per heavy atom. The summed E-state index contributed by atoms with van der Waals surface area (Å²) >= 11 is 0. The number of rotatable bonds is 19. The van der Waals surface area contributed by atoms with Gasteiger partial charge in [-0.05, 0) is 50.7 Å². The number of carboxylic acids is 5. The molecule has 46 heavy (non-hydrogen) atoms. The Balaban J connectivity index is -0.000000538. The lowest BCUT2D eigenvalue weighted by Crippen LogP contribution is -2.30. The van der Waals surface area contributed by atoms with Crippen LogP contribution in [0.15, 0.2) is 34.3 Å². The number of nitrogens with two attached hydrogens (primary N) is 5. The summed E-state index contributed by atoms with van der Waals surface area (Å²) in [4.78, 5) is 58.1. The molecular formula is C28H49N7O11. The van der Waals surface area contributed by atoms with E-state index in [1.165, 1.54) is 12.1 Å². The predicted octanol–water partition coefficient (Wildman–Crippen LogP) is 0.943. The van der Waals surface area contributed by atoms with Gasteiger partial charge in [0.15, 0.2) is 11.9 Å². The van der Waals surface area contributed by atoms with Gasteiger partial charge in [0.25, 0.3) is 0 Å². The van der Waals surface area contributed by atoms with Gasteiger partial charge >= 0.3 is 29.8 Å². The van der Waals surface area contributed by atoms with Crippen LogP contribution in [0.3, 0.4) is 0 Å². The molecule has 0 saturated carbocycles. The zero-order valence-corrected chi connectivity index (χ0v) is 25.8. The smallest absolute Gasteiger partial charge is 0.339 e. The number of aliphatic imine (C=N–C) groups is 2. The Bertz CT molecular complexity index is 1070. The maximum atomic E-state index is 10.3. The van der Waals surface area contributed by atoms with E-state index < -0.39 is 35.9 Å². The summed E-state index contributed by atoms with van der Waals surface area (Å²) < 4.78 is 0. The molecule has 0 aliphatic carbocycles. The summed E-state index contributed by atoms with van der Waals surface area (Å²) in [5, 5.41) is 50.5. The van der Waals surface area contributed by atoms with Crippen LogP contribution in [0.25, 0.3) is 0 Å². The van der Waals surface area contributed by atoms with Gasteiger partial charge in [-0.1, -0.05) is 31.4 Å². The number of hydrogen-bond donors (Lipinski definition) is 11. The van der Waals surface area contributed by atoms with Crippen LogP contribution >= 0.6 is 0 Å². The topological polar surface area (TPSA) is 362 Å². The number of aliphatic carboxylic acids is 4. The van der Waals surface area contributed by atoms with Crippen LogP contribution in [0.4, 0.5) is 0 Å². The average Bonchev–Trinajstić information content (AvgIpc) is 2.95. The number of benzene rings is 1. The molecule has 0 amide bonds. The van der Waals surface area contributed by atoms with Crippen molar-refractivity contribution < 1.29 is 54.6 Å². The second-order valence-electron chi connectivity index (χ2n) is 9.43. The molecule has 0 aromatic heterocycles. The fourth-order valence-electron chi connectivity index (χ4n) is 2.98. The Morgan fingerprint density at radius 2 is 1.00 bits per heavy atom. The van der Waals surface area contributed by atoms with E-state index in [-0.39, 0.29) is 42.5 Å². The second-order valence-corrected chi connectivity index (χ2v) is 9.43. The van der Waals surface area contributed by atoms with Gasteiger partial charge in [-0.3, -0.25) is 29.2 Å². The highest BCUT2D eigenvalue weighted by molar-refractivity contribution is 5.90. The highest BCUT2D eigenvalue weighted by Crippen LogP contribution is 2.14. The molecule has 0 unspecified atom stereocenters. The standard InChI is InChI=1S/C9H16O4.C7H6O3.C6H14N4O2.C6H13N3O2/c10-8(11)6-4-2-1-3-5-7-9(12)13;8-6-4-2-1-3-5(6)7(9)10;7-4(5(11)12)2-1-3-10-6(8)9;7-6(8)9-4-2-1-3-5(10)11/h1-7H2,(H,10,11)(H,12,13);1-4,8H,(H,9,10);4H,1-3,7H2,(H,11,12)(H4,8,9,10);1-4H2,(H,10,11)(H4,7,8,9)/t;;4-;/m..0./s1. The van der Waals surface area contributed by atoms with Gasteiger partial charge in [-0.2, -0.15) is 0 Å². The minimum atomic E-state index is -1.11. The summed E-state index contributed by atoms with van der Waals surface area (Å²) in [6, 6.07) is 4.99. The maximum Gasteiger partial charge on any atom is 0.339 e. The largest absolute Gasteiger partial charge is 0.507 e. The van der Waals surface area contributed by atoms with Crippen LogP contribution in [0, 0.1) is 0 Å². The van der Waals surface area contributed by atoms with Crippen molar-refractivity contribution in [3.8, 4) is 5.75 Å². The molecule has 0 radical (unpaired) electrons. The van der Waals surface area contributed by atoms with Gasteiger partial charge in [0.1, 0.15) is 17.4 Å². The van der Waals surface area contributed by atoms with Crippen molar-refractivity contribution in [3.05, 3.63) is 29.8 Å². The molecule has 0 aliphatic heterocycles. The third-order valence-corrected chi connectivity index (χ3v) is 5.29. The number of hydrogen-bond acceptors (Lipinski definition) is 9. The third kappa shape index (κ3) is 36.9. The highest BCUT2D eigenvalue weighted by Gasteiger charge is 2.09. The van der Waals surface area contributed by atoms with Crippen LogP contribution in [-0.4, -0.2) is 91.5 Å².